The minimum Gasteiger partial charge on any atom is -0.463 e. The molecule has 0 heterocycles. The zero-order valence-electron chi connectivity index (χ0n) is 13.8. The van der Waals surface area contributed by atoms with E-state index in [4.69, 9.17) is 4.74 Å². The van der Waals surface area contributed by atoms with Crippen LogP contribution in [0.5, 0.6) is 0 Å². The first-order chi connectivity index (χ1) is 9.22. The Morgan fingerprint density at radius 2 is 1.50 bits per heavy atom. The van der Waals surface area contributed by atoms with Crippen LogP contribution in [0.3, 0.4) is 0 Å². The molecule has 108 valence electrons. The molecule has 0 N–H and O–H groups in total. The molecule has 0 radical (unpaired) electrons. The number of hydrogen-bond acceptors (Lipinski definition) is 1. The van der Waals surface area contributed by atoms with E-state index < -0.39 is 0 Å². The summed E-state index contributed by atoms with van der Waals surface area (Å²) in [7, 11) is 0. The topological polar surface area (TPSA) is 9.23 Å². The molecule has 0 aliphatic heterocycles. The van der Waals surface area contributed by atoms with Crippen molar-refractivity contribution in [1.82, 2.24) is 0 Å². The molecule has 0 fully saturated rings. The molecule has 1 aromatic rings. The molecule has 0 aromatic heterocycles. The van der Waals surface area contributed by atoms with Crippen molar-refractivity contribution in [3.8, 4) is 0 Å². The first-order valence-corrected chi connectivity index (χ1v) is 6.99. The fourth-order valence-electron chi connectivity index (χ4n) is 2.44. The highest BCUT2D eigenvalue weighted by Crippen LogP contribution is 2.25. The van der Waals surface area contributed by atoms with Gasteiger partial charge in [-0.2, -0.15) is 0 Å². The fourth-order valence-corrected chi connectivity index (χ4v) is 2.44. The highest BCUT2D eigenvalue weighted by Gasteiger charge is 2.06. The summed E-state index contributed by atoms with van der Waals surface area (Å²) in [6, 6.07) is 4.43. The highest BCUT2D eigenvalue weighted by atomic mass is 16.5. The minimum absolute atomic E-state index is 0.681. The van der Waals surface area contributed by atoms with Gasteiger partial charge in [0.15, 0.2) is 0 Å². The van der Waals surface area contributed by atoms with Crippen LogP contribution < -0.4 is 0 Å². The largest absolute Gasteiger partial charge is 0.463 e. The van der Waals surface area contributed by atoms with Crippen molar-refractivity contribution in [1.29, 1.82) is 0 Å². The van der Waals surface area contributed by atoms with Crippen molar-refractivity contribution in [3.63, 3.8) is 0 Å². The average Bonchev–Trinajstić information content (AvgIpc) is 2.26. The van der Waals surface area contributed by atoms with Crippen LogP contribution in [0.2, 0.25) is 0 Å². The van der Waals surface area contributed by atoms with Crippen LogP contribution in [-0.4, -0.2) is 0 Å². The van der Waals surface area contributed by atoms with E-state index in [1.807, 2.05) is 26.8 Å². The Hall–Kier alpha value is -1.76. The molecule has 0 saturated heterocycles. The van der Waals surface area contributed by atoms with Gasteiger partial charge in [0.2, 0.25) is 0 Å². The van der Waals surface area contributed by atoms with Crippen LogP contribution >= 0.6 is 0 Å². The Morgan fingerprint density at radius 1 is 1.00 bits per heavy atom. The first kappa shape index (κ1) is 16.3. The summed E-state index contributed by atoms with van der Waals surface area (Å²) >= 11 is 0. The molecule has 0 saturated carbocycles. The molecule has 0 aliphatic rings. The summed E-state index contributed by atoms with van der Waals surface area (Å²) in [5.74, 6) is 1.59. The van der Waals surface area contributed by atoms with Crippen molar-refractivity contribution in [2.75, 3.05) is 0 Å². The van der Waals surface area contributed by atoms with E-state index in [0.29, 0.717) is 5.76 Å². The van der Waals surface area contributed by atoms with Crippen molar-refractivity contribution >= 4 is 5.57 Å². The molecule has 20 heavy (non-hydrogen) atoms. The second-order valence-corrected chi connectivity index (χ2v) is 5.73. The third-order valence-electron chi connectivity index (χ3n) is 3.44. The number of benzene rings is 1. The maximum Gasteiger partial charge on any atom is 0.120 e. The number of rotatable bonds is 4. The first-order valence-electron chi connectivity index (χ1n) is 6.99. The van der Waals surface area contributed by atoms with E-state index in [9.17, 15) is 0 Å². The lowest BCUT2D eigenvalue weighted by atomic mass is 9.94. The van der Waals surface area contributed by atoms with Crippen molar-refractivity contribution in [2.24, 2.45) is 0 Å². The van der Waals surface area contributed by atoms with Crippen molar-refractivity contribution in [2.45, 2.75) is 48.5 Å². The van der Waals surface area contributed by atoms with E-state index in [1.165, 1.54) is 33.4 Å². The second kappa shape index (κ2) is 6.60. The van der Waals surface area contributed by atoms with Gasteiger partial charge in [-0.15, -0.1) is 0 Å². The predicted octanol–water partition coefficient (Wildman–Crippen LogP) is 5.86. The van der Waals surface area contributed by atoms with Gasteiger partial charge in [-0.1, -0.05) is 24.3 Å². The number of hydrogen-bond donors (Lipinski definition) is 0. The SMILES string of the molecule is C=C(/C=C(\C)c1c(C)cc(C)cc1C)OC(C)=C(C)C. The summed E-state index contributed by atoms with van der Waals surface area (Å²) in [6.45, 7) is 18.6. The summed E-state index contributed by atoms with van der Waals surface area (Å²) in [6.07, 6.45) is 2.01. The van der Waals surface area contributed by atoms with Gasteiger partial charge in [-0.25, -0.2) is 0 Å². The molecule has 1 heteroatoms. The molecule has 1 rings (SSSR count). The molecular weight excluding hydrogens is 244 g/mol. The normalized spacial score (nSPS) is 11.2. The number of allylic oxidation sites excluding steroid dienone is 4. The maximum absolute atomic E-state index is 5.72. The number of ether oxygens (including phenoxy) is 1. The van der Waals surface area contributed by atoms with Crippen LogP contribution in [0, 0.1) is 20.8 Å². The van der Waals surface area contributed by atoms with Gasteiger partial charge < -0.3 is 4.74 Å². The third-order valence-corrected chi connectivity index (χ3v) is 3.44. The van der Waals surface area contributed by atoms with Crippen LogP contribution in [0.15, 0.2) is 41.9 Å². The maximum atomic E-state index is 5.72. The lowest BCUT2D eigenvalue weighted by Gasteiger charge is -2.13. The van der Waals surface area contributed by atoms with Gasteiger partial charge in [-0.3, -0.25) is 0 Å². The smallest absolute Gasteiger partial charge is 0.120 e. The van der Waals surface area contributed by atoms with Gasteiger partial charge in [0, 0.05) is 0 Å². The van der Waals surface area contributed by atoms with Crippen LogP contribution in [0.4, 0.5) is 0 Å². The standard InChI is InChI=1S/C19H26O/c1-12(2)18(8)20-17(7)11-16(6)19-14(4)9-13(3)10-15(19)5/h9-11H,7H2,1-6,8H3/b16-11+. The lowest BCUT2D eigenvalue weighted by molar-refractivity contribution is 0.319. The Morgan fingerprint density at radius 3 is 1.95 bits per heavy atom. The Balaban J connectivity index is 3.07. The van der Waals surface area contributed by atoms with Crippen LogP contribution in [0.1, 0.15) is 49.9 Å². The molecule has 1 aromatic carbocycles. The third kappa shape index (κ3) is 4.12. The van der Waals surface area contributed by atoms with Crippen LogP contribution in [0.25, 0.3) is 5.57 Å². The van der Waals surface area contributed by atoms with Crippen molar-refractivity contribution in [3.05, 3.63) is 64.1 Å². The Kier molecular flexibility index (Phi) is 5.38. The molecule has 0 amide bonds. The van der Waals surface area contributed by atoms with E-state index in [1.54, 1.807) is 0 Å². The predicted molar refractivity (Wildman–Crippen MR) is 88.6 cm³/mol. The fraction of sp³-hybridized carbons (Fsp3) is 0.368. The zero-order chi connectivity index (χ0) is 15.4. The number of aryl methyl sites for hydroxylation is 3. The highest BCUT2D eigenvalue weighted by molar-refractivity contribution is 5.71. The molecule has 0 unspecified atom stereocenters. The summed E-state index contributed by atoms with van der Waals surface area (Å²) in [4.78, 5) is 0. The van der Waals surface area contributed by atoms with Crippen molar-refractivity contribution < 1.29 is 4.74 Å². The molecule has 0 bridgehead atoms. The second-order valence-electron chi connectivity index (χ2n) is 5.73. The minimum atomic E-state index is 0.681. The molecule has 0 atom stereocenters. The molecular formula is C19H26O. The van der Waals surface area contributed by atoms with Gasteiger partial charge in [-0.05, 0) is 82.4 Å². The lowest BCUT2D eigenvalue weighted by Crippen LogP contribution is -1.94. The molecule has 0 spiro atoms. The Labute approximate surface area is 123 Å². The summed E-state index contributed by atoms with van der Waals surface area (Å²) in [5, 5.41) is 0. The van der Waals surface area contributed by atoms with E-state index in [0.717, 1.165) is 5.76 Å². The molecule has 1 nitrogen and oxygen atoms in total. The Bertz CT molecular complexity index is 559. The van der Waals surface area contributed by atoms with Gasteiger partial charge in [0.25, 0.3) is 0 Å². The summed E-state index contributed by atoms with van der Waals surface area (Å²) < 4.78 is 5.72. The van der Waals surface area contributed by atoms with E-state index in [-0.39, 0.29) is 0 Å². The van der Waals surface area contributed by atoms with Gasteiger partial charge >= 0.3 is 0 Å². The zero-order valence-corrected chi connectivity index (χ0v) is 13.8. The van der Waals surface area contributed by atoms with E-state index in [2.05, 4.69) is 46.4 Å². The molecule has 0 aliphatic carbocycles. The quantitative estimate of drug-likeness (QED) is 0.492. The van der Waals surface area contributed by atoms with Crippen LogP contribution in [-0.2, 0) is 4.74 Å². The monoisotopic (exact) mass is 270 g/mol. The average molecular weight is 270 g/mol. The van der Waals surface area contributed by atoms with Gasteiger partial charge in [0.05, 0.1) is 5.76 Å². The van der Waals surface area contributed by atoms with E-state index >= 15 is 0 Å². The summed E-state index contributed by atoms with van der Waals surface area (Å²) in [5.41, 5.74) is 7.53. The van der Waals surface area contributed by atoms with Gasteiger partial charge in [0.1, 0.15) is 5.76 Å².